The Morgan fingerprint density at radius 3 is 2.70 bits per heavy atom. The summed E-state index contributed by atoms with van der Waals surface area (Å²) in [5.74, 6) is 1.15. The highest BCUT2D eigenvalue weighted by Crippen LogP contribution is 2.37. The minimum Gasteiger partial charge on any atom is -0.493 e. The van der Waals surface area contributed by atoms with Gasteiger partial charge in [0.05, 0.1) is 31.4 Å². The van der Waals surface area contributed by atoms with Gasteiger partial charge in [-0.25, -0.2) is 0 Å². The molecule has 1 amide bonds. The number of rotatable bonds is 4. The molecule has 1 saturated heterocycles. The molecule has 1 aromatic carbocycles. The molecule has 0 atom stereocenters. The van der Waals surface area contributed by atoms with Crippen molar-refractivity contribution in [1.82, 2.24) is 4.90 Å². The first-order chi connectivity index (χ1) is 9.67. The number of halogens is 1. The lowest BCUT2D eigenvalue weighted by Gasteiger charge is -2.27. The summed E-state index contributed by atoms with van der Waals surface area (Å²) in [6.45, 7) is 4.84. The van der Waals surface area contributed by atoms with E-state index in [-0.39, 0.29) is 5.91 Å². The lowest BCUT2D eigenvalue weighted by molar-refractivity contribution is 0.0302. The topological polar surface area (TPSA) is 48.0 Å². The molecule has 20 heavy (non-hydrogen) atoms. The molecule has 5 nitrogen and oxygen atoms in total. The van der Waals surface area contributed by atoms with Gasteiger partial charge in [0, 0.05) is 18.7 Å². The smallest absolute Gasteiger partial charge is 0.254 e. The molecule has 6 heteroatoms. The molecule has 1 fully saturated rings. The van der Waals surface area contributed by atoms with Crippen LogP contribution in [0.3, 0.4) is 0 Å². The molecule has 110 valence electrons. The van der Waals surface area contributed by atoms with Gasteiger partial charge in [0.2, 0.25) is 0 Å². The van der Waals surface area contributed by atoms with E-state index >= 15 is 0 Å². The van der Waals surface area contributed by atoms with Gasteiger partial charge in [-0.05, 0) is 35.0 Å². The van der Waals surface area contributed by atoms with Crippen LogP contribution in [0.2, 0.25) is 0 Å². The molecule has 0 N–H and O–H groups in total. The summed E-state index contributed by atoms with van der Waals surface area (Å²) in [4.78, 5) is 14.2. The maximum Gasteiger partial charge on any atom is 0.254 e. The second kappa shape index (κ2) is 6.95. The zero-order valence-electron chi connectivity index (χ0n) is 11.6. The SMILES string of the molecule is CCOc1c(Br)cc(C(=O)N2CCOCC2)cc1OC. The van der Waals surface area contributed by atoms with E-state index in [1.807, 2.05) is 6.92 Å². The molecule has 1 heterocycles. The second-order valence-corrected chi connectivity index (χ2v) is 5.18. The average Bonchev–Trinajstić information content (AvgIpc) is 2.49. The minimum absolute atomic E-state index is 0.0182. The van der Waals surface area contributed by atoms with Crippen molar-refractivity contribution in [2.75, 3.05) is 40.0 Å². The van der Waals surface area contributed by atoms with Crippen molar-refractivity contribution < 1.29 is 19.0 Å². The zero-order valence-corrected chi connectivity index (χ0v) is 13.2. The van der Waals surface area contributed by atoms with Crippen LogP contribution in [0.5, 0.6) is 11.5 Å². The van der Waals surface area contributed by atoms with Gasteiger partial charge in [0.25, 0.3) is 5.91 Å². The number of methoxy groups -OCH3 is 1. The first-order valence-electron chi connectivity index (χ1n) is 6.54. The minimum atomic E-state index is -0.0182. The average molecular weight is 344 g/mol. The van der Waals surface area contributed by atoms with E-state index < -0.39 is 0 Å². The highest BCUT2D eigenvalue weighted by atomic mass is 79.9. The summed E-state index contributed by atoms with van der Waals surface area (Å²) >= 11 is 3.43. The number of carbonyl (C=O) groups excluding carboxylic acids is 1. The fraction of sp³-hybridized carbons (Fsp3) is 0.500. The van der Waals surface area contributed by atoms with E-state index in [4.69, 9.17) is 14.2 Å². The number of carbonyl (C=O) groups is 1. The third-order valence-electron chi connectivity index (χ3n) is 3.06. The highest BCUT2D eigenvalue weighted by Gasteiger charge is 2.21. The molecule has 1 aromatic rings. The van der Waals surface area contributed by atoms with E-state index in [0.29, 0.717) is 50.0 Å². The fourth-order valence-corrected chi connectivity index (χ4v) is 2.63. The van der Waals surface area contributed by atoms with Gasteiger partial charge < -0.3 is 19.1 Å². The van der Waals surface area contributed by atoms with Gasteiger partial charge in [-0.3, -0.25) is 4.79 Å². The van der Waals surface area contributed by atoms with Gasteiger partial charge in [0.15, 0.2) is 11.5 Å². The van der Waals surface area contributed by atoms with Crippen LogP contribution in [-0.2, 0) is 4.74 Å². The lowest BCUT2D eigenvalue weighted by Crippen LogP contribution is -2.40. The largest absolute Gasteiger partial charge is 0.493 e. The van der Waals surface area contributed by atoms with Crippen LogP contribution in [0.4, 0.5) is 0 Å². The van der Waals surface area contributed by atoms with Gasteiger partial charge in [-0.2, -0.15) is 0 Å². The summed E-state index contributed by atoms with van der Waals surface area (Å²) in [7, 11) is 1.56. The lowest BCUT2D eigenvalue weighted by atomic mass is 10.1. The quantitative estimate of drug-likeness (QED) is 0.841. The van der Waals surface area contributed by atoms with Crippen LogP contribution in [0.1, 0.15) is 17.3 Å². The molecule has 0 saturated carbocycles. The Morgan fingerprint density at radius 1 is 1.40 bits per heavy atom. The predicted octanol–water partition coefficient (Wildman–Crippen LogP) is 2.33. The van der Waals surface area contributed by atoms with Crippen molar-refractivity contribution in [1.29, 1.82) is 0 Å². The molecule has 0 spiro atoms. The van der Waals surface area contributed by atoms with Crippen LogP contribution in [0.25, 0.3) is 0 Å². The molecule has 0 radical (unpaired) electrons. The molecule has 0 bridgehead atoms. The van der Waals surface area contributed by atoms with Crippen LogP contribution in [-0.4, -0.2) is 50.8 Å². The Bertz CT molecular complexity index is 486. The molecule has 0 aliphatic carbocycles. The first kappa shape index (κ1) is 15.1. The predicted molar refractivity (Wildman–Crippen MR) is 78.6 cm³/mol. The van der Waals surface area contributed by atoms with Crippen molar-refractivity contribution in [3.05, 3.63) is 22.2 Å². The maximum absolute atomic E-state index is 12.4. The number of ether oxygens (including phenoxy) is 3. The normalized spacial score (nSPS) is 15.1. The molecule has 0 aromatic heterocycles. The van der Waals surface area contributed by atoms with Gasteiger partial charge in [0.1, 0.15) is 0 Å². The Kier molecular flexibility index (Phi) is 5.25. The van der Waals surface area contributed by atoms with E-state index in [2.05, 4.69) is 15.9 Å². The van der Waals surface area contributed by atoms with E-state index in [1.54, 1.807) is 24.1 Å². The molecule has 0 unspecified atom stereocenters. The van der Waals surface area contributed by atoms with Crippen LogP contribution in [0.15, 0.2) is 16.6 Å². The first-order valence-corrected chi connectivity index (χ1v) is 7.34. The van der Waals surface area contributed by atoms with Crippen LogP contribution in [0, 0.1) is 0 Å². The van der Waals surface area contributed by atoms with Crippen molar-refractivity contribution in [3.8, 4) is 11.5 Å². The van der Waals surface area contributed by atoms with Crippen molar-refractivity contribution in [3.63, 3.8) is 0 Å². The molecule has 2 rings (SSSR count). The third-order valence-corrected chi connectivity index (χ3v) is 3.65. The monoisotopic (exact) mass is 343 g/mol. The zero-order chi connectivity index (χ0) is 14.5. The van der Waals surface area contributed by atoms with E-state index in [9.17, 15) is 4.79 Å². The summed E-state index contributed by atoms with van der Waals surface area (Å²) < 4.78 is 16.8. The fourth-order valence-electron chi connectivity index (χ4n) is 2.08. The Hall–Kier alpha value is -1.27. The molecule has 1 aliphatic rings. The third kappa shape index (κ3) is 3.24. The van der Waals surface area contributed by atoms with E-state index in [0.717, 1.165) is 4.47 Å². The Balaban J connectivity index is 2.27. The summed E-state index contributed by atoms with van der Waals surface area (Å²) in [5, 5.41) is 0. The number of nitrogens with zero attached hydrogens (tertiary/aromatic N) is 1. The van der Waals surface area contributed by atoms with Gasteiger partial charge >= 0.3 is 0 Å². The number of hydrogen-bond acceptors (Lipinski definition) is 4. The van der Waals surface area contributed by atoms with Crippen molar-refractivity contribution in [2.24, 2.45) is 0 Å². The van der Waals surface area contributed by atoms with Crippen LogP contribution >= 0.6 is 15.9 Å². The van der Waals surface area contributed by atoms with Gasteiger partial charge in [-0.1, -0.05) is 0 Å². The van der Waals surface area contributed by atoms with Crippen molar-refractivity contribution >= 4 is 21.8 Å². The number of morpholine rings is 1. The summed E-state index contributed by atoms with van der Waals surface area (Å²) in [5.41, 5.74) is 0.582. The van der Waals surface area contributed by atoms with Crippen molar-refractivity contribution in [2.45, 2.75) is 6.92 Å². The van der Waals surface area contributed by atoms with Crippen LogP contribution < -0.4 is 9.47 Å². The Morgan fingerprint density at radius 2 is 2.10 bits per heavy atom. The molecular weight excluding hydrogens is 326 g/mol. The standard InChI is InChI=1S/C14H18BrNO4/c1-3-20-13-11(15)8-10(9-12(13)18-2)14(17)16-4-6-19-7-5-16/h8-9H,3-7H2,1-2H3. The molecule has 1 aliphatic heterocycles. The Labute approximate surface area is 126 Å². The number of amides is 1. The number of benzene rings is 1. The van der Waals surface area contributed by atoms with Gasteiger partial charge in [-0.15, -0.1) is 0 Å². The maximum atomic E-state index is 12.4. The van der Waals surface area contributed by atoms with E-state index in [1.165, 1.54) is 0 Å². The second-order valence-electron chi connectivity index (χ2n) is 4.33. The highest BCUT2D eigenvalue weighted by molar-refractivity contribution is 9.10. The number of hydrogen-bond donors (Lipinski definition) is 0. The summed E-state index contributed by atoms with van der Waals surface area (Å²) in [6, 6.07) is 3.48. The molecular formula is C14H18BrNO4. The summed E-state index contributed by atoms with van der Waals surface area (Å²) in [6.07, 6.45) is 0.